The number of hydrogen-bond acceptors (Lipinski definition) is 6. The summed E-state index contributed by atoms with van der Waals surface area (Å²) in [4.78, 5) is 27.0. The van der Waals surface area contributed by atoms with Crippen LogP contribution in [-0.4, -0.2) is 34.9 Å². The Kier molecular flexibility index (Phi) is 5.99. The van der Waals surface area contributed by atoms with Crippen LogP contribution in [0.25, 0.3) is 6.08 Å². The molecule has 5 fully saturated rings. The molecule has 5 aliphatic rings. The molecule has 0 atom stereocenters. The molecule has 0 unspecified atom stereocenters. The Bertz CT molecular complexity index is 1020. The van der Waals surface area contributed by atoms with Gasteiger partial charge in [-0.2, -0.15) is 5.01 Å². The van der Waals surface area contributed by atoms with Crippen molar-refractivity contribution in [1.29, 1.82) is 0 Å². The second-order valence-corrected chi connectivity index (χ2v) is 11.3. The van der Waals surface area contributed by atoms with Gasteiger partial charge in [-0.15, -0.1) is 0 Å². The van der Waals surface area contributed by atoms with Gasteiger partial charge in [-0.1, -0.05) is 30.5 Å². The van der Waals surface area contributed by atoms with Gasteiger partial charge in [-0.3, -0.25) is 15.0 Å². The van der Waals surface area contributed by atoms with E-state index in [0.29, 0.717) is 45.1 Å². The summed E-state index contributed by atoms with van der Waals surface area (Å²) >= 11 is 6.64. The van der Waals surface area contributed by atoms with Crippen LogP contribution in [0.1, 0.15) is 44.1 Å². The van der Waals surface area contributed by atoms with E-state index in [1.54, 1.807) is 31.4 Å². The smallest absolute Gasteiger partial charge is 0.285 e. The van der Waals surface area contributed by atoms with Crippen LogP contribution in [0.4, 0.5) is 0 Å². The van der Waals surface area contributed by atoms with E-state index < -0.39 is 0 Å². The van der Waals surface area contributed by atoms with Crippen molar-refractivity contribution < 1.29 is 19.1 Å². The summed E-state index contributed by atoms with van der Waals surface area (Å²) in [5.74, 6) is 2.80. The van der Waals surface area contributed by atoms with Crippen LogP contribution >= 0.6 is 24.0 Å². The first-order valence-electron chi connectivity index (χ1n) is 11.4. The molecule has 0 spiro atoms. The monoisotopic (exact) mass is 484 g/mol. The summed E-state index contributed by atoms with van der Waals surface area (Å²) in [7, 11) is 1.57. The fourth-order valence-electron chi connectivity index (χ4n) is 6.37. The molecule has 1 aliphatic heterocycles. The van der Waals surface area contributed by atoms with Crippen LogP contribution in [0.5, 0.6) is 11.5 Å². The molecule has 1 aromatic rings. The Morgan fingerprint density at radius 2 is 1.91 bits per heavy atom. The molecule has 1 aromatic carbocycles. The third kappa shape index (κ3) is 4.19. The Balaban J connectivity index is 1.31. The number of methoxy groups -OCH3 is 1. The molecule has 8 heteroatoms. The first-order valence-corrected chi connectivity index (χ1v) is 12.6. The van der Waals surface area contributed by atoms with E-state index in [4.69, 9.17) is 21.7 Å². The van der Waals surface area contributed by atoms with Crippen molar-refractivity contribution in [3.8, 4) is 11.5 Å². The summed E-state index contributed by atoms with van der Waals surface area (Å²) in [5.41, 5.74) is 3.34. The molecule has 1 heterocycles. The van der Waals surface area contributed by atoms with Crippen LogP contribution in [0, 0.1) is 23.2 Å². The van der Waals surface area contributed by atoms with Crippen molar-refractivity contribution >= 4 is 46.2 Å². The molecular weight excluding hydrogens is 456 g/mol. The standard InChI is InChI=1S/C25H28N2O4S2/c1-3-6-31-19-5-4-15(10-20(19)30-2)11-21-22(28)27(24(32)33-21)26-23(29)25-12-16-7-17(13-25)9-18(8-16)14-25/h3-5,10-11,16-18H,1,6-9,12-14H2,2H3,(H,26,29)/b21-11+. The van der Waals surface area contributed by atoms with Crippen molar-refractivity contribution in [3.63, 3.8) is 0 Å². The molecule has 6 rings (SSSR count). The molecule has 174 valence electrons. The Labute approximate surface area is 203 Å². The van der Waals surface area contributed by atoms with Crippen LogP contribution in [0.3, 0.4) is 0 Å². The summed E-state index contributed by atoms with van der Waals surface area (Å²) < 4.78 is 11.4. The lowest BCUT2D eigenvalue weighted by Gasteiger charge is -2.55. The number of hydrazine groups is 1. The normalized spacial score (nSPS) is 31.2. The highest BCUT2D eigenvalue weighted by Crippen LogP contribution is 2.60. The Morgan fingerprint density at radius 3 is 2.52 bits per heavy atom. The van der Waals surface area contributed by atoms with Crippen molar-refractivity contribution in [1.82, 2.24) is 10.4 Å². The van der Waals surface area contributed by atoms with Gasteiger partial charge in [0.2, 0.25) is 5.91 Å². The fourth-order valence-corrected chi connectivity index (χ4v) is 7.55. The quantitative estimate of drug-likeness (QED) is 0.344. The number of nitrogens with one attached hydrogen (secondary N) is 1. The van der Waals surface area contributed by atoms with E-state index in [1.807, 2.05) is 6.07 Å². The van der Waals surface area contributed by atoms with Gasteiger partial charge in [0.15, 0.2) is 15.8 Å². The van der Waals surface area contributed by atoms with Crippen LogP contribution < -0.4 is 14.9 Å². The zero-order valence-electron chi connectivity index (χ0n) is 18.7. The molecule has 1 N–H and O–H groups in total. The number of nitrogens with zero attached hydrogens (tertiary/aromatic N) is 1. The number of rotatable bonds is 7. The largest absolute Gasteiger partial charge is 0.493 e. The minimum atomic E-state index is -0.337. The van der Waals surface area contributed by atoms with Gasteiger partial charge in [0, 0.05) is 0 Å². The minimum Gasteiger partial charge on any atom is -0.493 e. The lowest BCUT2D eigenvalue weighted by Crippen LogP contribution is -2.57. The van der Waals surface area contributed by atoms with Crippen LogP contribution in [-0.2, 0) is 9.59 Å². The van der Waals surface area contributed by atoms with Crippen molar-refractivity contribution in [2.24, 2.45) is 23.2 Å². The highest BCUT2D eigenvalue weighted by molar-refractivity contribution is 8.26. The van der Waals surface area contributed by atoms with Crippen LogP contribution in [0.2, 0.25) is 0 Å². The third-order valence-electron chi connectivity index (χ3n) is 7.37. The number of hydrogen-bond donors (Lipinski definition) is 1. The van der Waals surface area contributed by atoms with E-state index in [0.717, 1.165) is 24.8 Å². The molecule has 6 nitrogen and oxygen atoms in total. The number of carbonyl (C=O) groups excluding carboxylic acids is 2. The lowest BCUT2D eigenvalue weighted by atomic mass is 9.49. The Hall–Kier alpha value is -2.32. The number of ether oxygens (including phenoxy) is 2. The number of thiocarbonyl (C=S) groups is 1. The molecule has 0 aromatic heterocycles. The number of carbonyl (C=O) groups is 2. The van der Waals surface area contributed by atoms with E-state index in [9.17, 15) is 9.59 Å². The molecule has 4 bridgehead atoms. The van der Waals surface area contributed by atoms with E-state index in [-0.39, 0.29) is 17.2 Å². The maximum absolute atomic E-state index is 13.4. The third-order valence-corrected chi connectivity index (χ3v) is 8.67. The predicted octanol–water partition coefficient (Wildman–Crippen LogP) is 4.71. The molecule has 0 radical (unpaired) electrons. The summed E-state index contributed by atoms with van der Waals surface area (Å²) in [6.07, 6.45) is 10.0. The maximum atomic E-state index is 13.4. The summed E-state index contributed by atoms with van der Waals surface area (Å²) in [6, 6.07) is 5.45. The zero-order chi connectivity index (χ0) is 23.2. The Morgan fingerprint density at radius 1 is 1.24 bits per heavy atom. The van der Waals surface area contributed by atoms with Crippen molar-refractivity contribution in [3.05, 3.63) is 41.3 Å². The highest BCUT2D eigenvalue weighted by atomic mass is 32.2. The zero-order valence-corrected chi connectivity index (χ0v) is 20.3. The minimum absolute atomic E-state index is 0.0375. The highest BCUT2D eigenvalue weighted by Gasteiger charge is 2.55. The van der Waals surface area contributed by atoms with Gasteiger partial charge >= 0.3 is 0 Å². The van der Waals surface area contributed by atoms with Gasteiger partial charge in [-0.05, 0) is 92.3 Å². The second kappa shape index (κ2) is 8.80. The lowest BCUT2D eigenvalue weighted by molar-refractivity contribution is -0.152. The van der Waals surface area contributed by atoms with Gasteiger partial charge in [0.25, 0.3) is 5.91 Å². The summed E-state index contributed by atoms with van der Waals surface area (Å²) in [5, 5.41) is 1.26. The number of thioether (sulfide) groups is 1. The number of amides is 2. The molecule has 33 heavy (non-hydrogen) atoms. The van der Waals surface area contributed by atoms with E-state index >= 15 is 0 Å². The predicted molar refractivity (Wildman–Crippen MR) is 132 cm³/mol. The average molecular weight is 485 g/mol. The van der Waals surface area contributed by atoms with E-state index in [2.05, 4.69) is 12.0 Å². The van der Waals surface area contributed by atoms with Crippen LogP contribution in [0.15, 0.2) is 35.8 Å². The van der Waals surface area contributed by atoms with Gasteiger partial charge < -0.3 is 9.47 Å². The average Bonchev–Trinajstić information content (AvgIpc) is 3.04. The van der Waals surface area contributed by atoms with Gasteiger partial charge in [-0.25, -0.2) is 0 Å². The van der Waals surface area contributed by atoms with Crippen molar-refractivity contribution in [2.45, 2.75) is 38.5 Å². The maximum Gasteiger partial charge on any atom is 0.285 e. The second-order valence-electron chi connectivity index (χ2n) is 9.67. The van der Waals surface area contributed by atoms with Gasteiger partial charge in [0.1, 0.15) is 6.61 Å². The topological polar surface area (TPSA) is 67.9 Å². The van der Waals surface area contributed by atoms with Crippen molar-refractivity contribution in [2.75, 3.05) is 13.7 Å². The number of benzene rings is 1. The fraction of sp³-hybridized carbons (Fsp3) is 0.480. The van der Waals surface area contributed by atoms with Gasteiger partial charge in [0.05, 0.1) is 17.4 Å². The molecule has 4 saturated carbocycles. The van der Waals surface area contributed by atoms with E-state index in [1.165, 1.54) is 36.0 Å². The SMILES string of the molecule is C=CCOc1ccc(/C=C2/SC(=S)N(NC(=O)C34CC5CC(CC(C5)C3)C4)C2=O)cc1OC. The molecule has 1 saturated heterocycles. The molecule has 2 amide bonds. The first-order chi connectivity index (χ1) is 15.9. The summed E-state index contributed by atoms with van der Waals surface area (Å²) in [6.45, 7) is 4.02. The molecular formula is C25H28N2O4S2. The first kappa shape index (κ1) is 22.5. The molecule has 4 aliphatic carbocycles.